The summed E-state index contributed by atoms with van der Waals surface area (Å²) in [6.07, 6.45) is -1.77. The van der Waals surface area contributed by atoms with Crippen LogP contribution in [0.15, 0.2) is 36.1 Å². The van der Waals surface area contributed by atoms with Gasteiger partial charge in [0.15, 0.2) is 0 Å². The van der Waals surface area contributed by atoms with Gasteiger partial charge in [0.1, 0.15) is 5.76 Å². The fourth-order valence-corrected chi connectivity index (χ4v) is 2.21. The van der Waals surface area contributed by atoms with Crippen LogP contribution < -0.4 is 5.32 Å². The number of nitrogens with one attached hydrogen (secondary N) is 1. The number of rotatable bonds is 4. The van der Waals surface area contributed by atoms with Crippen molar-refractivity contribution in [2.75, 3.05) is 13.2 Å². The van der Waals surface area contributed by atoms with E-state index in [4.69, 9.17) is 4.74 Å². The Kier molecular flexibility index (Phi) is 4.14. The zero-order valence-electron chi connectivity index (χ0n) is 10.6. The van der Waals surface area contributed by atoms with Crippen LogP contribution in [0, 0.1) is 0 Å². The standard InChI is InChI=1S/C14H16F3NO/c1-2-18-13(12-8-5-9-19-12)10-6-3-4-7-11(10)14(15,16)17/h3-4,6-8,13,18H,2,5,9H2,1H3. The summed E-state index contributed by atoms with van der Waals surface area (Å²) in [7, 11) is 0. The van der Waals surface area contributed by atoms with Crippen LogP contribution in [0.1, 0.15) is 30.5 Å². The van der Waals surface area contributed by atoms with Crippen LogP contribution >= 0.6 is 0 Å². The number of benzene rings is 1. The van der Waals surface area contributed by atoms with E-state index in [0.29, 0.717) is 18.9 Å². The molecule has 1 N–H and O–H groups in total. The van der Waals surface area contributed by atoms with Gasteiger partial charge in [-0.3, -0.25) is 0 Å². The summed E-state index contributed by atoms with van der Waals surface area (Å²) in [5, 5.41) is 3.06. The molecule has 1 unspecified atom stereocenters. The van der Waals surface area contributed by atoms with E-state index in [2.05, 4.69) is 5.32 Å². The van der Waals surface area contributed by atoms with Crippen molar-refractivity contribution in [1.29, 1.82) is 0 Å². The molecule has 5 heteroatoms. The highest BCUT2D eigenvalue weighted by atomic mass is 19.4. The highest BCUT2D eigenvalue weighted by Crippen LogP contribution is 2.37. The molecule has 1 aliphatic heterocycles. The third-order valence-corrected chi connectivity index (χ3v) is 3.00. The molecule has 0 aliphatic carbocycles. The van der Waals surface area contributed by atoms with Crippen LogP contribution in [0.5, 0.6) is 0 Å². The summed E-state index contributed by atoms with van der Waals surface area (Å²) >= 11 is 0. The van der Waals surface area contributed by atoms with Gasteiger partial charge in [0.25, 0.3) is 0 Å². The average molecular weight is 271 g/mol. The fraction of sp³-hybridized carbons (Fsp3) is 0.429. The zero-order chi connectivity index (χ0) is 13.9. The average Bonchev–Trinajstić information content (AvgIpc) is 2.88. The molecule has 1 aromatic rings. The lowest BCUT2D eigenvalue weighted by Crippen LogP contribution is -2.26. The molecule has 0 spiro atoms. The van der Waals surface area contributed by atoms with Gasteiger partial charge in [0.2, 0.25) is 0 Å². The minimum Gasteiger partial charge on any atom is -0.496 e. The molecule has 1 atom stereocenters. The van der Waals surface area contributed by atoms with E-state index in [1.165, 1.54) is 12.1 Å². The molecule has 1 aliphatic rings. The van der Waals surface area contributed by atoms with E-state index < -0.39 is 17.8 Å². The van der Waals surface area contributed by atoms with E-state index in [0.717, 1.165) is 12.5 Å². The van der Waals surface area contributed by atoms with E-state index in [-0.39, 0.29) is 5.56 Å². The first-order chi connectivity index (χ1) is 9.04. The van der Waals surface area contributed by atoms with Gasteiger partial charge in [-0.1, -0.05) is 25.1 Å². The Morgan fingerprint density at radius 1 is 1.32 bits per heavy atom. The Morgan fingerprint density at radius 2 is 2.05 bits per heavy atom. The minimum atomic E-state index is -4.36. The van der Waals surface area contributed by atoms with Gasteiger partial charge in [0, 0.05) is 6.42 Å². The second-order valence-electron chi connectivity index (χ2n) is 4.32. The van der Waals surface area contributed by atoms with Crippen molar-refractivity contribution >= 4 is 0 Å². The summed E-state index contributed by atoms with van der Waals surface area (Å²) < 4.78 is 44.6. The van der Waals surface area contributed by atoms with Gasteiger partial charge in [-0.25, -0.2) is 0 Å². The van der Waals surface area contributed by atoms with Crippen LogP contribution in [0.3, 0.4) is 0 Å². The number of hydrogen-bond acceptors (Lipinski definition) is 2. The van der Waals surface area contributed by atoms with Gasteiger partial charge in [-0.2, -0.15) is 13.2 Å². The SMILES string of the molecule is CCNC(C1=CCCO1)c1ccccc1C(F)(F)F. The quantitative estimate of drug-likeness (QED) is 0.902. The lowest BCUT2D eigenvalue weighted by molar-refractivity contribution is -0.138. The van der Waals surface area contributed by atoms with Gasteiger partial charge in [-0.15, -0.1) is 0 Å². The Hall–Kier alpha value is -1.49. The molecule has 0 saturated heterocycles. The first-order valence-corrected chi connectivity index (χ1v) is 6.26. The third-order valence-electron chi connectivity index (χ3n) is 3.00. The smallest absolute Gasteiger partial charge is 0.416 e. The molecule has 0 aromatic heterocycles. The minimum absolute atomic E-state index is 0.213. The molecule has 19 heavy (non-hydrogen) atoms. The molecular weight excluding hydrogens is 255 g/mol. The Labute approximate surface area is 110 Å². The normalized spacial score (nSPS) is 16.9. The Morgan fingerprint density at radius 3 is 2.63 bits per heavy atom. The van der Waals surface area contributed by atoms with E-state index in [9.17, 15) is 13.2 Å². The fourth-order valence-electron chi connectivity index (χ4n) is 2.21. The number of ether oxygens (including phenoxy) is 1. The van der Waals surface area contributed by atoms with Gasteiger partial charge in [0.05, 0.1) is 18.2 Å². The predicted octanol–water partition coefficient (Wildman–Crippen LogP) is 3.66. The number of halogens is 3. The summed E-state index contributed by atoms with van der Waals surface area (Å²) in [6, 6.07) is 5.09. The molecular formula is C14H16F3NO. The molecule has 1 aromatic carbocycles. The van der Waals surface area contributed by atoms with E-state index in [1.807, 2.05) is 13.0 Å². The molecule has 0 bridgehead atoms. The second kappa shape index (κ2) is 5.65. The first-order valence-electron chi connectivity index (χ1n) is 6.26. The maximum Gasteiger partial charge on any atom is 0.416 e. The monoisotopic (exact) mass is 271 g/mol. The van der Waals surface area contributed by atoms with Gasteiger partial charge in [-0.05, 0) is 24.3 Å². The van der Waals surface area contributed by atoms with Crippen LogP contribution in [0.2, 0.25) is 0 Å². The first kappa shape index (κ1) is 13.9. The molecule has 0 fully saturated rings. The van der Waals surface area contributed by atoms with Crippen molar-refractivity contribution in [1.82, 2.24) is 5.32 Å². The van der Waals surface area contributed by atoms with Crippen molar-refractivity contribution in [3.63, 3.8) is 0 Å². The maximum atomic E-state index is 13.0. The van der Waals surface area contributed by atoms with Crippen molar-refractivity contribution in [3.05, 3.63) is 47.2 Å². The Balaban J connectivity index is 2.42. The van der Waals surface area contributed by atoms with Crippen molar-refractivity contribution in [2.24, 2.45) is 0 Å². The second-order valence-corrected chi connectivity index (χ2v) is 4.32. The van der Waals surface area contributed by atoms with Crippen LogP contribution in [0.4, 0.5) is 13.2 Å². The molecule has 104 valence electrons. The van der Waals surface area contributed by atoms with Crippen LogP contribution in [-0.4, -0.2) is 13.2 Å². The van der Waals surface area contributed by atoms with Gasteiger partial charge >= 0.3 is 6.18 Å². The molecule has 0 amide bonds. The summed E-state index contributed by atoms with van der Waals surface area (Å²) in [5.41, 5.74) is -0.401. The maximum absolute atomic E-state index is 13.0. The third kappa shape index (κ3) is 3.10. The zero-order valence-corrected chi connectivity index (χ0v) is 10.6. The van der Waals surface area contributed by atoms with Crippen molar-refractivity contribution < 1.29 is 17.9 Å². The number of alkyl halides is 3. The van der Waals surface area contributed by atoms with Crippen LogP contribution in [0.25, 0.3) is 0 Å². The Bertz CT molecular complexity index is 468. The number of hydrogen-bond donors (Lipinski definition) is 1. The molecule has 2 rings (SSSR count). The largest absolute Gasteiger partial charge is 0.496 e. The topological polar surface area (TPSA) is 21.3 Å². The molecule has 0 saturated carbocycles. The van der Waals surface area contributed by atoms with E-state index >= 15 is 0 Å². The molecule has 0 radical (unpaired) electrons. The van der Waals surface area contributed by atoms with E-state index in [1.54, 1.807) is 6.07 Å². The van der Waals surface area contributed by atoms with Crippen molar-refractivity contribution in [2.45, 2.75) is 25.6 Å². The molecule has 2 nitrogen and oxygen atoms in total. The molecule has 1 heterocycles. The summed E-state index contributed by atoms with van der Waals surface area (Å²) in [6.45, 7) is 2.96. The van der Waals surface area contributed by atoms with Gasteiger partial charge < -0.3 is 10.1 Å². The highest BCUT2D eigenvalue weighted by molar-refractivity contribution is 5.36. The van der Waals surface area contributed by atoms with Crippen LogP contribution in [-0.2, 0) is 10.9 Å². The summed E-state index contributed by atoms with van der Waals surface area (Å²) in [5.74, 6) is 0.582. The van der Waals surface area contributed by atoms with Crippen molar-refractivity contribution in [3.8, 4) is 0 Å². The highest BCUT2D eigenvalue weighted by Gasteiger charge is 2.36. The lowest BCUT2D eigenvalue weighted by Gasteiger charge is -2.23. The summed E-state index contributed by atoms with van der Waals surface area (Å²) in [4.78, 5) is 0. The number of likely N-dealkylation sites (N-methyl/N-ethyl adjacent to an activating group) is 1. The predicted molar refractivity (Wildman–Crippen MR) is 66.5 cm³/mol. The lowest BCUT2D eigenvalue weighted by atomic mass is 9.98.